The summed E-state index contributed by atoms with van der Waals surface area (Å²) in [5.41, 5.74) is 0.00423. The number of hydrogen-bond donors (Lipinski definition) is 1. The second kappa shape index (κ2) is 5.38. The average molecular weight is 217 g/mol. The van der Waals surface area contributed by atoms with Gasteiger partial charge < -0.3 is 10.1 Å². The lowest BCUT2D eigenvalue weighted by atomic mass is 10.3. The zero-order chi connectivity index (χ0) is 12.0. The summed E-state index contributed by atoms with van der Waals surface area (Å²) >= 11 is 0. The van der Waals surface area contributed by atoms with E-state index >= 15 is 0 Å². The van der Waals surface area contributed by atoms with Crippen LogP contribution in [-0.4, -0.2) is 7.11 Å². The Labute approximate surface area is 92.2 Å². The van der Waals surface area contributed by atoms with Crippen molar-refractivity contribution in [3.8, 4) is 17.9 Å². The van der Waals surface area contributed by atoms with E-state index in [0.29, 0.717) is 5.75 Å². The summed E-state index contributed by atoms with van der Waals surface area (Å²) < 4.78 is 18.2. The van der Waals surface area contributed by atoms with E-state index < -0.39 is 5.82 Å². The van der Waals surface area contributed by atoms with Crippen molar-refractivity contribution in [1.82, 2.24) is 0 Å². The van der Waals surface area contributed by atoms with E-state index in [1.165, 1.54) is 25.3 Å². The van der Waals surface area contributed by atoms with E-state index in [4.69, 9.17) is 15.3 Å². The minimum Gasteiger partial charge on any atom is -0.497 e. The van der Waals surface area contributed by atoms with Gasteiger partial charge in [-0.25, -0.2) is 4.39 Å². The highest BCUT2D eigenvalue weighted by Crippen LogP contribution is 2.21. The molecule has 0 fully saturated rings. The van der Waals surface area contributed by atoms with Crippen LogP contribution in [0.4, 0.5) is 10.1 Å². The van der Waals surface area contributed by atoms with Gasteiger partial charge in [-0.05, 0) is 12.1 Å². The van der Waals surface area contributed by atoms with Crippen LogP contribution in [0.1, 0.15) is 0 Å². The molecule has 1 rings (SSSR count). The van der Waals surface area contributed by atoms with Gasteiger partial charge in [-0.2, -0.15) is 10.5 Å². The van der Waals surface area contributed by atoms with Gasteiger partial charge in [-0.15, -0.1) is 0 Å². The first-order valence-electron chi connectivity index (χ1n) is 4.31. The highest BCUT2D eigenvalue weighted by atomic mass is 19.1. The molecule has 0 bridgehead atoms. The van der Waals surface area contributed by atoms with Gasteiger partial charge in [0.15, 0.2) is 0 Å². The van der Waals surface area contributed by atoms with Gasteiger partial charge in [-0.1, -0.05) is 0 Å². The molecule has 0 spiro atoms. The van der Waals surface area contributed by atoms with Crippen LogP contribution in [0.15, 0.2) is 30.0 Å². The number of anilines is 1. The van der Waals surface area contributed by atoms with Crippen LogP contribution in [0.25, 0.3) is 0 Å². The van der Waals surface area contributed by atoms with E-state index in [1.54, 1.807) is 12.1 Å². The molecule has 80 valence electrons. The number of nitriles is 2. The number of nitrogens with one attached hydrogen (secondary N) is 1. The minimum atomic E-state index is -0.493. The van der Waals surface area contributed by atoms with E-state index in [2.05, 4.69) is 5.32 Å². The summed E-state index contributed by atoms with van der Waals surface area (Å²) in [4.78, 5) is 0. The lowest BCUT2D eigenvalue weighted by Crippen LogP contribution is -1.94. The highest BCUT2D eigenvalue weighted by Gasteiger charge is 2.02. The Morgan fingerprint density at radius 2 is 2.12 bits per heavy atom. The van der Waals surface area contributed by atoms with Crippen LogP contribution < -0.4 is 10.1 Å². The quantitative estimate of drug-likeness (QED) is 0.788. The van der Waals surface area contributed by atoms with Crippen LogP contribution in [0.2, 0.25) is 0 Å². The van der Waals surface area contributed by atoms with Crippen molar-refractivity contribution in [3.05, 3.63) is 35.8 Å². The molecule has 16 heavy (non-hydrogen) atoms. The number of hydrogen-bond acceptors (Lipinski definition) is 4. The van der Waals surface area contributed by atoms with E-state index in [-0.39, 0.29) is 11.3 Å². The van der Waals surface area contributed by atoms with Gasteiger partial charge in [-0.3, -0.25) is 0 Å². The fourth-order valence-corrected chi connectivity index (χ4v) is 0.981. The van der Waals surface area contributed by atoms with Gasteiger partial charge in [0.05, 0.1) is 12.8 Å². The molecular formula is C11H8FN3O. The van der Waals surface area contributed by atoms with Gasteiger partial charge in [0, 0.05) is 12.3 Å². The number of allylic oxidation sites excluding steroid dienone is 1. The summed E-state index contributed by atoms with van der Waals surface area (Å²) in [5.74, 6) is -0.0138. The average Bonchev–Trinajstić information content (AvgIpc) is 2.32. The lowest BCUT2D eigenvalue weighted by Gasteiger charge is -2.05. The third kappa shape index (κ3) is 2.73. The monoisotopic (exact) mass is 217 g/mol. The van der Waals surface area contributed by atoms with Crippen molar-refractivity contribution >= 4 is 5.69 Å². The van der Waals surface area contributed by atoms with Crippen LogP contribution in [0.5, 0.6) is 5.75 Å². The predicted octanol–water partition coefficient (Wildman–Crippen LogP) is 2.18. The molecule has 0 radical (unpaired) electrons. The molecule has 0 saturated heterocycles. The Morgan fingerprint density at radius 3 is 2.69 bits per heavy atom. The molecular weight excluding hydrogens is 209 g/mol. The third-order valence-corrected chi connectivity index (χ3v) is 1.79. The van der Waals surface area contributed by atoms with Crippen molar-refractivity contribution in [1.29, 1.82) is 10.5 Å². The Hall–Kier alpha value is -2.53. The normalized spacial score (nSPS) is 8.50. The maximum absolute atomic E-state index is 13.3. The zero-order valence-electron chi connectivity index (χ0n) is 8.49. The van der Waals surface area contributed by atoms with Crippen LogP contribution in [0.3, 0.4) is 0 Å². The molecule has 1 aromatic carbocycles. The lowest BCUT2D eigenvalue weighted by molar-refractivity contribution is 0.414. The van der Waals surface area contributed by atoms with Crippen molar-refractivity contribution in [2.75, 3.05) is 12.4 Å². The Morgan fingerprint density at radius 1 is 1.44 bits per heavy atom. The summed E-state index contributed by atoms with van der Waals surface area (Å²) in [5, 5.41) is 19.5. The molecule has 0 atom stereocenters. The molecule has 0 aromatic heterocycles. The highest BCUT2D eigenvalue weighted by molar-refractivity contribution is 5.53. The zero-order valence-corrected chi connectivity index (χ0v) is 8.49. The van der Waals surface area contributed by atoms with Crippen LogP contribution >= 0.6 is 0 Å². The van der Waals surface area contributed by atoms with Crippen LogP contribution in [0, 0.1) is 28.5 Å². The van der Waals surface area contributed by atoms with Gasteiger partial charge >= 0.3 is 0 Å². The molecule has 0 aliphatic heterocycles. The fraction of sp³-hybridized carbons (Fsp3) is 0.0909. The first-order chi connectivity index (χ1) is 7.71. The van der Waals surface area contributed by atoms with Gasteiger partial charge in [0.2, 0.25) is 0 Å². The maximum Gasteiger partial charge on any atom is 0.146 e. The predicted molar refractivity (Wildman–Crippen MR) is 55.9 cm³/mol. The van der Waals surface area contributed by atoms with Gasteiger partial charge in [0.1, 0.15) is 29.3 Å². The molecule has 5 heteroatoms. The third-order valence-electron chi connectivity index (χ3n) is 1.79. The summed E-state index contributed by atoms with van der Waals surface area (Å²) in [6, 6.07) is 7.44. The van der Waals surface area contributed by atoms with Crippen LogP contribution in [-0.2, 0) is 0 Å². The van der Waals surface area contributed by atoms with E-state index in [0.717, 1.165) is 6.20 Å². The molecule has 0 amide bonds. The SMILES string of the molecule is COc1ccc(F)c(NC=C(C#N)C#N)c1. The molecule has 0 heterocycles. The van der Waals surface area contributed by atoms with E-state index in [9.17, 15) is 4.39 Å². The largest absolute Gasteiger partial charge is 0.497 e. The first kappa shape index (κ1) is 11.5. The summed E-state index contributed by atoms with van der Waals surface area (Å²) in [7, 11) is 1.46. The molecule has 0 saturated carbocycles. The number of nitrogens with zero attached hydrogens (tertiary/aromatic N) is 2. The Kier molecular flexibility index (Phi) is 3.88. The maximum atomic E-state index is 13.3. The minimum absolute atomic E-state index is 0.137. The Balaban J connectivity index is 2.94. The van der Waals surface area contributed by atoms with Crippen molar-refractivity contribution < 1.29 is 9.13 Å². The van der Waals surface area contributed by atoms with Crippen molar-refractivity contribution in [2.24, 2.45) is 0 Å². The molecule has 4 nitrogen and oxygen atoms in total. The standard InChI is InChI=1S/C11H8FN3O/c1-16-9-2-3-10(12)11(4-9)15-7-8(5-13)6-14/h2-4,7,15H,1H3. The molecule has 0 aliphatic rings. The second-order valence-electron chi connectivity index (χ2n) is 2.77. The Bertz CT molecular complexity index is 481. The smallest absolute Gasteiger partial charge is 0.146 e. The number of rotatable bonds is 3. The molecule has 0 aliphatic carbocycles. The topological polar surface area (TPSA) is 68.8 Å². The van der Waals surface area contributed by atoms with Crippen molar-refractivity contribution in [3.63, 3.8) is 0 Å². The molecule has 1 aromatic rings. The number of benzene rings is 1. The number of halogens is 1. The second-order valence-corrected chi connectivity index (χ2v) is 2.77. The number of ether oxygens (including phenoxy) is 1. The molecule has 0 unspecified atom stereocenters. The van der Waals surface area contributed by atoms with Crippen molar-refractivity contribution in [2.45, 2.75) is 0 Å². The van der Waals surface area contributed by atoms with E-state index in [1.807, 2.05) is 0 Å². The molecule has 1 N–H and O–H groups in total. The number of methoxy groups -OCH3 is 1. The summed E-state index contributed by atoms with van der Waals surface area (Å²) in [6.07, 6.45) is 1.14. The fourth-order valence-electron chi connectivity index (χ4n) is 0.981. The first-order valence-corrected chi connectivity index (χ1v) is 4.31. The van der Waals surface area contributed by atoms with Gasteiger partial charge in [0.25, 0.3) is 0 Å². The summed E-state index contributed by atoms with van der Waals surface area (Å²) in [6.45, 7) is 0.